The van der Waals surface area contributed by atoms with E-state index in [4.69, 9.17) is 0 Å². The fourth-order valence-corrected chi connectivity index (χ4v) is 1.79. The Hall–Kier alpha value is -1.07. The van der Waals surface area contributed by atoms with E-state index in [-0.39, 0.29) is 0 Å². The molecule has 0 radical (unpaired) electrons. The molecule has 2 rings (SSSR count). The second-order valence-electron chi connectivity index (χ2n) is 3.89. The maximum absolute atomic E-state index is 4.27. The van der Waals surface area contributed by atoms with Gasteiger partial charge in [-0.2, -0.15) is 5.10 Å². The minimum atomic E-state index is 0.965. The number of hydrogen-bond donors (Lipinski definition) is 2. The fourth-order valence-electron chi connectivity index (χ4n) is 1.79. The summed E-state index contributed by atoms with van der Waals surface area (Å²) in [7, 11) is 1.93. The van der Waals surface area contributed by atoms with Crippen molar-refractivity contribution in [3.63, 3.8) is 0 Å². The number of rotatable bonds is 4. The normalized spacial score (nSPS) is 17.9. The van der Waals surface area contributed by atoms with Crippen LogP contribution in [0.4, 0.5) is 5.82 Å². The van der Waals surface area contributed by atoms with Gasteiger partial charge >= 0.3 is 0 Å². The molecule has 0 saturated carbocycles. The summed E-state index contributed by atoms with van der Waals surface area (Å²) in [6, 6.07) is 2.00. The predicted octanol–water partition coefficient (Wildman–Crippen LogP) is -0.263. The first-order valence-electron chi connectivity index (χ1n) is 5.51. The molecule has 15 heavy (non-hydrogen) atoms. The number of anilines is 1. The Balaban J connectivity index is 1.65. The van der Waals surface area contributed by atoms with Crippen LogP contribution in [0.2, 0.25) is 0 Å². The Labute approximate surface area is 90.4 Å². The topological polar surface area (TPSA) is 45.1 Å². The summed E-state index contributed by atoms with van der Waals surface area (Å²) < 4.78 is 1.81. The molecule has 1 aromatic rings. The van der Waals surface area contributed by atoms with Crippen LogP contribution in [0, 0.1) is 0 Å². The maximum Gasteiger partial charge on any atom is 0.148 e. The average molecular weight is 209 g/mol. The molecule has 5 nitrogen and oxygen atoms in total. The van der Waals surface area contributed by atoms with Crippen LogP contribution in [0.15, 0.2) is 12.3 Å². The van der Waals surface area contributed by atoms with E-state index in [1.165, 1.54) is 0 Å². The highest BCUT2D eigenvalue weighted by Crippen LogP contribution is 2.00. The largest absolute Gasteiger partial charge is 0.367 e. The lowest BCUT2D eigenvalue weighted by Gasteiger charge is -2.27. The molecule has 84 valence electrons. The van der Waals surface area contributed by atoms with Gasteiger partial charge in [0.15, 0.2) is 0 Å². The molecule has 0 unspecified atom stereocenters. The number of nitrogens with zero attached hydrogens (tertiary/aromatic N) is 3. The highest BCUT2D eigenvalue weighted by atomic mass is 15.3. The van der Waals surface area contributed by atoms with Crippen molar-refractivity contribution in [1.82, 2.24) is 20.0 Å². The fraction of sp³-hybridized carbons (Fsp3) is 0.700. The molecule has 0 aliphatic carbocycles. The Morgan fingerprint density at radius 2 is 2.27 bits per heavy atom. The Morgan fingerprint density at radius 3 is 2.93 bits per heavy atom. The van der Waals surface area contributed by atoms with E-state index < -0.39 is 0 Å². The monoisotopic (exact) mass is 209 g/mol. The van der Waals surface area contributed by atoms with Crippen molar-refractivity contribution < 1.29 is 0 Å². The first-order valence-corrected chi connectivity index (χ1v) is 5.51. The van der Waals surface area contributed by atoms with Crippen molar-refractivity contribution in [2.24, 2.45) is 7.05 Å². The molecular weight excluding hydrogens is 190 g/mol. The molecule has 2 N–H and O–H groups in total. The van der Waals surface area contributed by atoms with Gasteiger partial charge in [0.2, 0.25) is 0 Å². The van der Waals surface area contributed by atoms with E-state index in [2.05, 4.69) is 20.6 Å². The van der Waals surface area contributed by atoms with Gasteiger partial charge in [-0.15, -0.1) is 0 Å². The third-order valence-corrected chi connectivity index (χ3v) is 2.66. The van der Waals surface area contributed by atoms with E-state index in [1.807, 2.05) is 24.0 Å². The zero-order chi connectivity index (χ0) is 10.5. The third-order valence-electron chi connectivity index (χ3n) is 2.66. The molecule has 1 aromatic heterocycles. The minimum absolute atomic E-state index is 0.965. The van der Waals surface area contributed by atoms with Gasteiger partial charge in [-0.05, 0) is 0 Å². The van der Waals surface area contributed by atoms with Crippen LogP contribution in [0.3, 0.4) is 0 Å². The molecule has 2 heterocycles. The molecule has 5 heteroatoms. The van der Waals surface area contributed by atoms with Crippen LogP contribution in [0.1, 0.15) is 0 Å². The maximum atomic E-state index is 4.27. The predicted molar refractivity (Wildman–Crippen MR) is 61.0 cm³/mol. The SMILES string of the molecule is Cn1ccc(NCCN2CCNCC2)n1. The minimum Gasteiger partial charge on any atom is -0.367 e. The Morgan fingerprint density at radius 1 is 1.47 bits per heavy atom. The van der Waals surface area contributed by atoms with Gasteiger partial charge in [0.25, 0.3) is 0 Å². The molecule has 1 fully saturated rings. The lowest BCUT2D eigenvalue weighted by Crippen LogP contribution is -2.45. The van der Waals surface area contributed by atoms with Gasteiger partial charge in [-0.25, -0.2) is 0 Å². The van der Waals surface area contributed by atoms with Gasteiger partial charge in [0.05, 0.1) is 0 Å². The number of aromatic nitrogens is 2. The number of piperazine rings is 1. The highest BCUT2D eigenvalue weighted by molar-refractivity contribution is 5.31. The molecule has 1 aliphatic heterocycles. The number of nitrogens with one attached hydrogen (secondary N) is 2. The van der Waals surface area contributed by atoms with Crippen LogP contribution in [-0.4, -0.2) is 53.9 Å². The van der Waals surface area contributed by atoms with E-state index in [1.54, 1.807) is 0 Å². The summed E-state index contributed by atoms with van der Waals surface area (Å²) >= 11 is 0. The van der Waals surface area contributed by atoms with E-state index >= 15 is 0 Å². The summed E-state index contributed by atoms with van der Waals surface area (Å²) in [4.78, 5) is 2.46. The lowest BCUT2D eigenvalue weighted by atomic mass is 10.3. The summed E-state index contributed by atoms with van der Waals surface area (Å²) in [6.45, 7) is 6.61. The van der Waals surface area contributed by atoms with Crippen LogP contribution in [0.5, 0.6) is 0 Å². The lowest BCUT2D eigenvalue weighted by molar-refractivity contribution is 0.249. The number of hydrogen-bond acceptors (Lipinski definition) is 4. The van der Waals surface area contributed by atoms with Crippen molar-refractivity contribution >= 4 is 5.82 Å². The van der Waals surface area contributed by atoms with Crippen molar-refractivity contribution in [3.05, 3.63) is 12.3 Å². The molecule has 1 aliphatic rings. The van der Waals surface area contributed by atoms with Crippen molar-refractivity contribution in [1.29, 1.82) is 0 Å². The Kier molecular flexibility index (Phi) is 3.58. The molecule has 0 spiro atoms. The molecule has 0 aromatic carbocycles. The summed E-state index contributed by atoms with van der Waals surface area (Å²) in [5.74, 6) is 0.965. The van der Waals surface area contributed by atoms with Gasteiger partial charge in [0, 0.05) is 58.6 Å². The van der Waals surface area contributed by atoms with Crippen molar-refractivity contribution in [2.75, 3.05) is 44.6 Å². The van der Waals surface area contributed by atoms with Crippen molar-refractivity contribution in [2.45, 2.75) is 0 Å². The molecule has 0 atom stereocenters. The number of aryl methyl sites for hydroxylation is 1. The van der Waals surface area contributed by atoms with Crippen LogP contribution in [-0.2, 0) is 7.05 Å². The molecular formula is C10H19N5. The van der Waals surface area contributed by atoms with Gasteiger partial charge in [0.1, 0.15) is 5.82 Å². The standard InChI is InChI=1S/C10H19N5/c1-14-6-2-10(13-14)12-5-9-15-7-3-11-4-8-15/h2,6,11H,3-5,7-9H2,1H3,(H,12,13). The molecule has 1 saturated heterocycles. The third kappa shape index (κ3) is 3.21. The zero-order valence-electron chi connectivity index (χ0n) is 9.24. The molecule has 0 bridgehead atoms. The van der Waals surface area contributed by atoms with Crippen LogP contribution < -0.4 is 10.6 Å². The zero-order valence-corrected chi connectivity index (χ0v) is 9.24. The van der Waals surface area contributed by atoms with Crippen molar-refractivity contribution in [3.8, 4) is 0 Å². The van der Waals surface area contributed by atoms with E-state index in [0.29, 0.717) is 0 Å². The second-order valence-corrected chi connectivity index (χ2v) is 3.89. The average Bonchev–Trinajstić information content (AvgIpc) is 2.66. The van der Waals surface area contributed by atoms with Gasteiger partial charge in [-0.1, -0.05) is 0 Å². The Bertz CT molecular complexity index is 290. The molecule has 0 amide bonds. The van der Waals surface area contributed by atoms with E-state index in [9.17, 15) is 0 Å². The summed E-state index contributed by atoms with van der Waals surface area (Å²) in [6.07, 6.45) is 1.95. The smallest absolute Gasteiger partial charge is 0.148 e. The first-order chi connectivity index (χ1) is 7.34. The van der Waals surface area contributed by atoms with Gasteiger partial charge in [-0.3, -0.25) is 9.58 Å². The quantitative estimate of drug-likeness (QED) is 0.717. The van der Waals surface area contributed by atoms with Crippen LogP contribution in [0.25, 0.3) is 0 Å². The summed E-state index contributed by atoms with van der Waals surface area (Å²) in [5.41, 5.74) is 0. The van der Waals surface area contributed by atoms with E-state index in [0.717, 1.165) is 45.1 Å². The van der Waals surface area contributed by atoms with Gasteiger partial charge < -0.3 is 10.6 Å². The highest BCUT2D eigenvalue weighted by Gasteiger charge is 2.08. The summed E-state index contributed by atoms with van der Waals surface area (Å²) in [5, 5.41) is 10.9. The second kappa shape index (κ2) is 5.14. The first kappa shape index (κ1) is 10.4. The van der Waals surface area contributed by atoms with Crippen LogP contribution >= 0.6 is 0 Å².